The highest BCUT2D eigenvalue weighted by Gasteiger charge is 2.18. The highest BCUT2D eigenvalue weighted by molar-refractivity contribution is 7.99. The van der Waals surface area contributed by atoms with Crippen LogP contribution >= 0.6 is 11.8 Å². The van der Waals surface area contributed by atoms with Crippen molar-refractivity contribution < 1.29 is 4.79 Å². The number of aryl methyl sites for hydroxylation is 1. The standard InChI is InChI=1S/C12H22N4OS/c1-8-11(13)9(2)16(15-8)6-10(17)14-7-12(3,4)18-5/h6-7,13H2,1-5H3,(H,14,17). The van der Waals surface area contributed by atoms with Crippen molar-refractivity contribution in [3.8, 4) is 0 Å². The Morgan fingerprint density at radius 2 is 2.11 bits per heavy atom. The second-order valence-electron chi connectivity index (χ2n) is 4.98. The number of hydrogen-bond donors (Lipinski definition) is 2. The Morgan fingerprint density at radius 3 is 2.56 bits per heavy atom. The van der Waals surface area contributed by atoms with E-state index in [4.69, 9.17) is 5.73 Å². The average molecular weight is 270 g/mol. The number of amides is 1. The molecule has 0 spiro atoms. The minimum Gasteiger partial charge on any atom is -0.396 e. The molecule has 1 aromatic rings. The number of thioether (sulfide) groups is 1. The first kappa shape index (κ1) is 14.9. The summed E-state index contributed by atoms with van der Waals surface area (Å²) in [5.41, 5.74) is 8.09. The summed E-state index contributed by atoms with van der Waals surface area (Å²) in [5.74, 6) is -0.0391. The number of rotatable bonds is 5. The lowest BCUT2D eigenvalue weighted by Crippen LogP contribution is -2.38. The van der Waals surface area contributed by atoms with Crippen LogP contribution in [0.2, 0.25) is 0 Å². The maximum absolute atomic E-state index is 11.8. The quantitative estimate of drug-likeness (QED) is 0.847. The second kappa shape index (κ2) is 5.65. The molecule has 1 rings (SSSR count). The van der Waals surface area contributed by atoms with Gasteiger partial charge >= 0.3 is 0 Å². The van der Waals surface area contributed by atoms with Gasteiger partial charge in [0.15, 0.2) is 0 Å². The molecule has 0 aliphatic carbocycles. The highest BCUT2D eigenvalue weighted by Crippen LogP contribution is 2.19. The topological polar surface area (TPSA) is 72.9 Å². The van der Waals surface area contributed by atoms with Crippen molar-refractivity contribution in [3.05, 3.63) is 11.4 Å². The predicted molar refractivity (Wildman–Crippen MR) is 76.7 cm³/mol. The van der Waals surface area contributed by atoms with Crippen molar-refractivity contribution in [3.63, 3.8) is 0 Å². The summed E-state index contributed by atoms with van der Waals surface area (Å²) >= 11 is 1.73. The molecule has 102 valence electrons. The first-order valence-electron chi connectivity index (χ1n) is 5.88. The first-order valence-corrected chi connectivity index (χ1v) is 7.10. The van der Waals surface area contributed by atoms with Crippen molar-refractivity contribution in [1.29, 1.82) is 0 Å². The monoisotopic (exact) mass is 270 g/mol. The smallest absolute Gasteiger partial charge is 0.241 e. The van der Waals surface area contributed by atoms with E-state index in [0.717, 1.165) is 11.4 Å². The molecule has 0 aliphatic rings. The largest absolute Gasteiger partial charge is 0.396 e. The molecule has 0 atom stereocenters. The number of hydrogen-bond acceptors (Lipinski definition) is 4. The van der Waals surface area contributed by atoms with E-state index < -0.39 is 0 Å². The van der Waals surface area contributed by atoms with E-state index in [1.165, 1.54) is 0 Å². The second-order valence-corrected chi connectivity index (χ2v) is 6.50. The molecule has 0 bridgehead atoms. The Morgan fingerprint density at radius 1 is 1.50 bits per heavy atom. The van der Waals surface area contributed by atoms with Gasteiger partial charge in [-0.1, -0.05) is 0 Å². The molecular weight excluding hydrogens is 248 g/mol. The van der Waals surface area contributed by atoms with E-state index in [1.54, 1.807) is 16.4 Å². The van der Waals surface area contributed by atoms with E-state index in [1.807, 2.05) is 20.1 Å². The molecule has 1 amide bonds. The van der Waals surface area contributed by atoms with Gasteiger partial charge in [-0.15, -0.1) is 0 Å². The van der Waals surface area contributed by atoms with Crippen LogP contribution in [0.4, 0.5) is 5.69 Å². The van der Waals surface area contributed by atoms with Crippen molar-refractivity contribution in [2.75, 3.05) is 18.5 Å². The molecule has 0 radical (unpaired) electrons. The molecule has 3 N–H and O–H groups in total. The van der Waals surface area contributed by atoms with Gasteiger partial charge in [-0.25, -0.2) is 0 Å². The fourth-order valence-electron chi connectivity index (χ4n) is 1.44. The molecule has 1 aromatic heterocycles. The van der Waals surface area contributed by atoms with Gasteiger partial charge in [-0.2, -0.15) is 16.9 Å². The van der Waals surface area contributed by atoms with Crippen LogP contribution in [-0.2, 0) is 11.3 Å². The van der Waals surface area contributed by atoms with Crippen LogP contribution < -0.4 is 11.1 Å². The summed E-state index contributed by atoms with van der Waals surface area (Å²) in [7, 11) is 0. The van der Waals surface area contributed by atoms with E-state index in [9.17, 15) is 4.79 Å². The number of nitrogens with one attached hydrogen (secondary N) is 1. The van der Waals surface area contributed by atoms with E-state index in [-0.39, 0.29) is 17.2 Å². The van der Waals surface area contributed by atoms with Gasteiger partial charge in [0.25, 0.3) is 0 Å². The van der Waals surface area contributed by atoms with Crippen molar-refractivity contribution >= 4 is 23.4 Å². The third-order valence-electron chi connectivity index (χ3n) is 2.99. The first-order chi connectivity index (χ1) is 8.26. The molecule has 18 heavy (non-hydrogen) atoms. The molecule has 6 heteroatoms. The van der Waals surface area contributed by atoms with E-state index >= 15 is 0 Å². The molecule has 0 saturated heterocycles. The molecule has 0 saturated carbocycles. The lowest BCUT2D eigenvalue weighted by Gasteiger charge is -2.22. The predicted octanol–water partition coefficient (Wildman–Crippen LogP) is 1.34. The normalized spacial score (nSPS) is 11.6. The summed E-state index contributed by atoms with van der Waals surface area (Å²) in [6.07, 6.45) is 2.04. The maximum Gasteiger partial charge on any atom is 0.241 e. The lowest BCUT2D eigenvalue weighted by molar-refractivity contribution is -0.121. The van der Waals surface area contributed by atoms with Crippen LogP contribution in [0.5, 0.6) is 0 Å². The van der Waals surface area contributed by atoms with Crippen LogP contribution in [0.1, 0.15) is 25.2 Å². The van der Waals surface area contributed by atoms with Crippen LogP contribution in [-0.4, -0.2) is 33.2 Å². The average Bonchev–Trinajstić information content (AvgIpc) is 2.55. The minimum absolute atomic E-state index is 0.0391. The Kier molecular flexibility index (Phi) is 4.67. The minimum atomic E-state index is -0.0391. The van der Waals surface area contributed by atoms with Crippen molar-refractivity contribution in [2.24, 2.45) is 0 Å². The van der Waals surface area contributed by atoms with Gasteiger partial charge in [0.2, 0.25) is 5.91 Å². The Hall–Kier alpha value is -1.17. The fraction of sp³-hybridized carbons (Fsp3) is 0.667. The molecule has 5 nitrogen and oxygen atoms in total. The molecule has 0 aromatic carbocycles. The fourth-order valence-corrected chi connectivity index (χ4v) is 1.66. The number of carbonyl (C=O) groups excluding carboxylic acids is 1. The van der Waals surface area contributed by atoms with Gasteiger partial charge in [-0.05, 0) is 34.0 Å². The number of nitrogens with two attached hydrogens (primary N) is 1. The van der Waals surface area contributed by atoms with Crippen molar-refractivity contribution in [2.45, 2.75) is 39.0 Å². The highest BCUT2D eigenvalue weighted by atomic mass is 32.2. The molecule has 0 aliphatic heterocycles. The van der Waals surface area contributed by atoms with Gasteiger partial charge in [0.05, 0.1) is 17.1 Å². The van der Waals surface area contributed by atoms with Gasteiger partial charge < -0.3 is 11.1 Å². The third-order valence-corrected chi connectivity index (χ3v) is 4.24. The molecule has 0 fully saturated rings. The zero-order valence-electron chi connectivity index (χ0n) is 11.7. The number of anilines is 1. The van der Waals surface area contributed by atoms with E-state index in [2.05, 4.69) is 24.3 Å². The van der Waals surface area contributed by atoms with Crippen LogP contribution in [0.25, 0.3) is 0 Å². The van der Waals surface area contributed by atoms with Gasteiger partial charge in [-0.3, -0.25) is 9.48 Å². The van der Waals surface area contributed by atoms with E-state index in [0.29, 0.717) is 12.2 Å². The van der Waals surface area contributed by atoms with Crippen LogP contribution in [0.15, 0.2) is 0 Å². The third kappa shape index (κ3) is 3.66. The molecule has 1 heterocycles. The Bertz CT molecular complexity index is 440. The zero-order chi connectivity index (χ0) is 13.9. The number of carbonyl (C=O) groups is 1. The Balaban J connectivity index is 2.58. The summed E-state index contributed by atoms with van der Waals surface area (Å²) in [6, 6.07) is 0. The number of nitrogens with zero attached hydrogens (tertiary/aromatic N) is 2. The summed E-state index contributed by atoms with van der Waals surface area (Å²) in [5, 5.41) is 7.16. The zero-order valence-corrected chi connectivity index (χ0v) is 12.5. The van der Waals surface area contributed by atoms with Gasteiger partial charge in [0, 0.05) is 11.3 Å². The molecular formula is C12H22N4OS. The molecule has 0 unspecified atom stereocenters. The van der Waals surface area contributed by atoms with Crippen LogP contribution in [0, 0.1) is 13.8 Å². The maximum atomic E-state index is 11.8. The number of nitrogen functional groups attached to an aromatic ring is 1. The van der Waals surface area contributed by atoms with Crippen LogP contribution in [0.3, 0.4) is 0 Å². The number of aromatic nitrogens is 2. The SMILES string of the molecule is CSC(C)(C)CNC(=O)Cn1nc(C)c(N)c1C. The van der Waals surface area contributed by atoms with Crippen molar-refractivity contribution in [1.82, 2.24) is 15.1 Å². The summed E-state index contributed by atoms with van der Waals surface area (Å²) < 4.78 is 1.69. The summed E-state index contributed by atoms with van der Waals surface area (Å²) in [4.78, 5) is 11.8. The van der Waals surface area contributed by atoms with Gasteiger partial charge in [0.1, 0.15) is 6.54 Å². The lowest BCUT2D eigenvalue weighted by atomic mass is 10.2. The Labute approximate surface area is 112 Å². The summed E-state index contributed by atoms with van der Waals surface area (Å²) in [6.45, 7) is 8.76.